The average molecular weight is 764 g/mol. The van der Waals surface area contributed by atoms with Gasteiger partial charge in [0.2, 0.25) is 5.91 Å². The number of aliphatic hydroxyl groups is 4. The zero-order valence-electron chi connectivity index (χ0n) is 36.0. The summed E-state index contributed by atoms with van der Waals surface area (Å²) in [6.45, 7) is 4.05. The summed E-state index contributed by atoms with van der Waals surface area (Å²) in [6, 6.07) is -1.00. The molecule has 0 rings (SSSR count). The molecule has 0 aliphatic rings. The first-order chi connectivity index (χ1) is 26.5. The van der Waals surface area contributed by atoms with Gasteiger partial charge in [-0.1, -0.05) is 205 Å². The van der Waals surface area contributed by atoms with Gasteiger partial charge in [0.1, 0.15) is 12.2 Å². The van der Waals surface area contributed by atoms with Crippen LogP contribution in [-0.2, 0) is 4.79 Å². The minimum Gasteiger partial charge on any atom is -0.394 e. The summed E-state index contributed by atoms with van der Waals surface area (Å²) in [4.78, 5) is 12.5. The van der Waals surface area contributed by atoms with Crippen molar-refractivity contribution < 1.29 is 25.2 Å². The lowest BCUT2D eigenvalue weighted by molar-refractivity contribution is -0.132. The summed E-state index contributed by atoms with van der Waals surface area (Å²) in [7, 11) is 0. The molecule has 0 saturated heterocycles. The number of rotatable bonds is 43. The second-order valence-corrected chi connectivity index (χ2v) is 16.4. The fourth-order valence-corrected chi connectivity index (χ4v) is 7.34. The van der Waals surface area contributed by atoms with Gasteiger partial charge in [-0.25, -0.2) is 0 Å². The van der Waals surface area contributed by atoms with Gasteiger partial charge in [0.15, 0.2) is 0 Å². The molecule has 4 unspecified atom stereocenters. The minimum atomic E-state index is -1.28. The van der Waals surface area contributed by atoms with Crippen LogP contribution in [0, 0.1) is 0 Å². The number of allylic oxidation sites excluding steroid dienone is 4. The number of hydrogen-bond donors (Lipinski definition) is 5. The van der Waals surface area contributed by atoms with Crippen molar-refractivity contribution in [2.24, 2.45) is 0 Å². The Labute approximate surface area is 335 Å². The van der Waals surface area contributed by atoms with Gasteiger partial charge in [-0.3, -0.25) is 4.79 Å². The fraction of sp³-hybridized carbons (Fsp3) is 0.896. The molecule has 6 nitrogen and oxygen atoms in total. The van der Waals surface area contributed by atoms with Gasteiger partial charge in [-0.15, -0.1) is 0 Å². The van der Waals surface area contributed by atoms with Crippen LogP contribution in [-0.4, -0.2) is 57.3 Å². The van der Waals surface area contributed by atoms with Crippen LogP contribution in [0.4, 0.5) is 0 Å². The van der Waals surface area contributed by atoms with Crippen LogP contribution in [0.3, 0.4) is 0 Å². The molecule has 0 spiro atoms. The summed E-state index contributed by atoms with van der Waals surface area (Å²) in [5, 5.41) is 43.7. The van der Waals surface area contributed by atoms with Crippen LogP contribution in [0.1, 0.15) is 245 Å². The van der Waals surface area contributed by atoms with E-state index in [0.717, 1.165) is 44.9 Å². The Morgan fingerprint density at radius 2 is 0.759 bits per heavy atom. The third-order valence-electron chi connectivity index (χ3n) is 11.1. The zero-order chi connectivity index (χ0) is 39.6. The Kier molecular flexibility index (Phi) is 42.0. The molecule has 0 aromatic carbocycles. The van der Waals surface area contributed by atoms with Crippen molar-refractivity contribution in [1.82, 2.24) is 5.32 Å². The third-order valence-corrected chi connectivity index (χ3v) is 11.1. The molecule has 6 heteroatoms. The van der Waals surface area contributed by atoms with Crippen LogP contribution in [0.15, 0.2) is 24.3 Å². The van der Waals surface area contributed by atoms with Crippen molar-refractivity contribution in [2.45, 2.75) is 269 Å². The van der Waals surface area contributed by atoms with E-state index >= 15 is 0 Å². The molecule has 320 valence electrons. The number of aliphatic hydroxyl groups excluding tert-OH is 4. The molecule has 4 atom stereocenters. The SMILES string of the molecule is CCCCCCCCCCCCC/C=C\CCCCCCCCC(O)C(=O)NC(CO)C(O)C(O)CCC/C=C/CCCCCCCCCCCCCC. The van der Waals surface area contributed by atoms with E-state index in [1.54, 1.807) is 0 Å². The van der Waals surface area contributed by atoms with Gasteiger partial charge >= 0.3 is 0 Å². The van der Waals surface area contributed by atoms with Crippen LogP contribution in [0.2, 0.25) is 0 Å². The smallest absolute Gasteiger partial charge is 0.249 e. The average Bonchev–Trinajstić information content (AvgIpc) is 3.18. The lowest BCUT2D eigenvalue weighted by atomic mass is 10.00. The molecule has 0 bridgehead atoms. The van der Waals surface area contributed by atoms with Crippen LogP contribution in [0.5, 0.6) is 0 Å². The molecule has 0 aromatic heterocycles. The normalized spacial score (nSPS) is 14.3. The van der Waals surface area contributed by atoms with E-state index in [2.05, 4.69) is 43.5 Å². The molecule has 0 heterocycles. The van der Waals surface area contributed by atoms with Gasteiger partial charge in [0.25, 0.3) is 0 Å². The number of amides is 1. The van der Waals surface area contributed by atoms with E-state index < -0.39 is 36.9 Å². The first kappa shape index (κ1) is 52.8. The molecule has 1 amide bonds. The zero-order valence-corrected chi connectivity index (χ0v) is 36.0. The van der Waals surface area contributed by atoms with E-state index in [9.17, 15) is 25.2 Å². The van der Waals surface area contributed by atoms with E-state index in [4.69, 9.17) is 0 Å². The van der Waals surface area contributed by atoms with Crippen LogP contribution in [0.25, 0.3) is 0 Å². The highest BCUT2D eigenvalue weighted by Gasteiger charge is 2.28. The lowest BCUT2D eigenvalue weighted by Gasteiger charge is -2.27. The minimum absolute atomic E-state index is 0.357. The van der Waals surface area contributed by atoms with Gasteiger partial charge in [-0.2, -0.15) is 0 Å². The molecule has 0 saturated carbocycles. The standard InChI is InChI=1S/C48H93NO5/c1-3-5-7-9-11-13-15-17-19-21-22-23-24-26-28-30-32-34-36-38-40-42-46(52)48(54)49-44(43-50)47(53)45(51)41-39-37-35-33-31-29-27-25-20-18-16-14-12-10-8-6-4-2/h24,26,33,35,44-47,50-53H,3-23,25,27-32,34,36-43H2,1-2H3,(H,49,54)/b26-24-,35-33+. The predicted molar refractivity (Wildman–Crippen MR) is 233 cm³/mol. The molecular weight excluding hydrogens is 671 g/mol. The molecule has 0 radical (unpaired) electrons. The summed E-state index contributed by atoms with van der Waals surface area (Å²) in [5.41, 5.74) is 0. The lowest BCUT2D eigenvalue weighted by Crippen LogP contribution is -2.53. The molecule has 5 N–H and O–H groups in total. The van der Waals surface area contributed by atoms with Gasteiger partial charge in [0, 0.05) is 0 Å². The first-order valence-electron chi connectivity index (χ1n) is 23.7. The number of carbonyl (C=O) groups excluding carboxylic acids is 1. The van der Waals surface area contributed by atoms with Gasteiger partial charge in [-0.05, 0) is 64.2 Å². The summed E-state index contributed by atoms with van der Waals surface area (Å²) >= 11 is 0. The fourth-order valence-electron chi connectivity index (χ4n) is 7.34. The predicted octanol–water partition coefficient (Wildman–Crippen LogP) is 12.7. The second kappa shape index (κ2) is 42.9. The van der Waals surface area contributed by atoms with Gasteiger partial charge in [0.05, 0.1) is 18.8 Å². The highest BCUT2D eigenvalue weighted by atomic mass is 16.3. The molecule has 54 heavy (non-hydrogen) atoms. The molecule has 0 fully saturated rings. The van der Waals surface area contributed by atoms with Crippen LogP contribution < -0.4 is 5.32 Å². The largest absolute Gasteiger partial charge is 0.394 e. The van der Waals surface area contributed by atoms with Crippen molar-refractivity contribution in [1.29, 1.82) is 0 Å². The monoisotopic (exact) mass is 764 g/mol. The van der Waals surface area contributed by atoms with Crippen molar-refractivity contribution in [3.8, 4) is 0 Å². The Balaban J connectivity index is 3.74. The second-order valence-electron chi connectivity index (χ2n) is 16.4. The quantitative estimate of drug-likeness (QED) is 0.0314. The Bertz CT molecular complexity index is 817. The molecule has 0 aromatic rings. The first-order valence-corrected chi connectivity index (χ1v) is 23.7. The maximum absolute atomic E-state index is 12.5. The Morgan fingerprint density at radius 1 is 0.444 bits per heavy atom. The number of nitrogens with one attached hydrogen (secondary N) is 1. The highest BCUT2D eigenvalue weighted by molar-refractivity contribution is 5.80. The van der Waals surface area contributed by atoms with E-state index in [1.165, 1.54) is 173 Å². The Morgan fingerprint density at radius 3 is 1.11 bits per heavy atom. The van der Waals surface area contributed by atoms with Gasteiger partial charge < -0.3 is 25.7 Å². The van der Waals surface area contributed by atoms with Crippen molar-refractivity contribution in [3.05, 3.63) is 24.3 Å². The maximum Gasteiger partial charge on any atom is 0.249 e. The third kappa shape index (κ3) is 36.4. The highest BCUT2D eigenvalue weighted by Crippen LogP contribution is 2.16. The summed E-state index contributed by atoms with van der Waals surface area (Å²) < 4.78 is 0. The number of carbonyl (C=O) groups is 1. The van der Waals surface area contributed by atoms with Crippen molar-refractivity contribution in [3.63, 3.8) is 0 Å². The molecule has 0 aliphatic carbocycles. The Hall–Kier alpha value is -1.21. The van der Waals surface area contributed by atoms with E-state index in [1.807, 2.05) is 0 Å². The number of hydrogen-bond acceptors (Lipinski definition) is 5. The molecular formula is C48H93NO5. The van der Waals surface area contributed by atoms with E-state index in [0.29, 0.717) is 12.8 Å². The maximum atomic E-state index is 12.5. The van der Waals surface area contributed by atoms with E-state index in [-0.39, 0.29) is 0 Å². The summed E-state index contributed by atoms with van der Waals surface area (Å²) in [5.74, 6) is -0.596. The van der Waals surface area contributed by atoms with Crippen molar-refractivity contribution in [2.75, 3.05) is 6.61 Å². The topological polar surface area (TPSA) is 110 Å². The summed E-state index contributed by atoms with van der Waals surface area (Å²) in [6.07, 6.45) is 49.3. The van der Waals surface area contributed by atoms with Crippen molar-refractivity contribution >= 4 is 5.91 Å². The molecule has 0 aliphatic heterocycles. The van der Waals surface area contributed by atoms with Crippen LogP contribution >= 0.6 is 0 Å². The number of unbranched alkanes of at least 4 members (excludes halogenated alkanes) is 30.